The molecule has 156 valence electrons. The van der Waals surface area contributed by atoms with Crippen LogP contribution in [0.1, 0.15) is 31.9 Å². The number of hydrogen-bond donors (Lipinski definition) is 1. The molecule has 1 aliphatic rings. The van der Waals surface area contributed by atoms with Gasteiger partial charge in [-0.25, -0.2) is 4.79 Å². The number of nitrogens with one attached hydrogen (secondary N) is 1. The van der Waals surface area contributed by atoms with Crippen molar-refractivity contribution < 1.29 is 23.7 Å². The van der Waals surface area contributed by atoms with Crippen LogP contribution in [-0.4, -0.2) is 32.7 Å². The summed E-state index contributed by atoms with van der Waals surface area (Å²) in [5.41, 5.74) is 1.74. The molecule has 0 spiro atoms. The van der Waals surface area contributed by atoms with Crippen molar-refractivity contribution >= 4 is 23.5 Å². The zero-order valence-corrected chi connectivity index (χ0v) is 18.0. The fraction of sp³-hybridized carbons (Fsp3) is 0.409. The Morgan fingerprint density at radius 3 is 2.62 bits per heavy atom. The topological polar surface area (TPSA) is 66.0 Å². The quantitative estimate of drug-likeness (QED) is 0.428. The average molecular weight is 418 g/mol. The van der Waals surface area contributed by atoms with Crippen LogP contribution in [0.4, 0.5) is 10.5 Å². The first-order valence-electron chi connectivity index (χ1n) is 9.61. The van der Waals surface area contributed by atoms with Crippen molar-refractivity contribution in [3.8, 4) is 17.2 Å². The first-order valence-corrected chi connectivity index (χ1v) is 10.6. The Kier molecular flexibility index (Phi) is 7.14. The van der Waals surface area contributed by atoms with Crippen molar-refractivity contribution in [3.63, 3.8) is 0 Å². The maximum Gasteiger partial charge on any atom is 0.412 e. The molecule has 7 heteroatoms. The Morgan fingerprint density at radius 2 is 1.90 bits per heavy atom. The molecule has 0 radical (unpaired) electrons. The smallest absolute Gasteiger partial charge is 0.412 e. The van der Waals surface area contributed by atoms with Crippen molar-refractivity contribution in [3.05, 3.63) is 42.0 Å². The van der Waals surface area contributed by atoms with Crippen molar-refractivity contribution in [2.24, 2.45) is 5.92 Å². The zero-order valence-electron chi connectivity index (χ0n) is 17.2. The van der Waals surface area contributed by atoms with E-state index in [0.29, 0.717) is 6.61 Å². The lowest BCUT2D eigenvalue weighted by molar-refractivity contribution is 0.0774. The summed E-state index contributed by atoms with van der Waals surface area (Å²) in [6.45, 7) is 4.68. The van der Waals surface area contributed by atoms with Gasteiger partial charge < -0.3 is 18.9 Å². The fourth-order valence-corrected chi connectivity index (χ4v) is 3.99. The number of amides is 1. The van der Waals surface area contributed by atoms with Crippen molar-refractivity contribution in [2.45, 2.75) is 31.3 Å². The number of cyclic esters (lactones) is 1. The van der Waals surface area contributed by atoms with Crippen LogP contribution in [0, 0.1) is 5.92 Å². The van der Waals surface area contributed by atoms with E-state index in [-0.39, 0.29) is 12.0 Å². The Bertz CT molecular complexity index is 855. The molecule has 1 unspecified atom stereocenters. The molecule has 1 aliphatic heterocycles. The highest BCUT2D eigenvalue weighted by atomic mass is 32.2. The monoisotopic (exact) mass is 417 g/mol. The summed E-state index contributed by atoms with van der Waals surface area (Å²) in [6, 6.07) is 11.6. The number of benzene rings is 2. The average Bonchev–Trinajstić information content (AvgIpc) is 2.72. The van der Waals surface area contributed by atoms with E-state index >= 15 is 0 Å². The second kappa shape index (κ2) is 9.78. The molecule has 0 bridgehead atoms. The molecule has 1 heterocycles. The van der Waals surface area contributed by atoms with Crippen molar-refractivity contribution in [1.29, 1.82) is 0 Å². The van der Waals surface area contributed by atoms with E-state index < -0.39 is 6.09 Å². The molecule has 1 atom stereocenters. The summed E-state index contributed by atoms with van der Waals surface area (Å²) in [5.74, 6) is 3.36. The highest BCUT2D eigenvalue weighted by Gasteiger charge is 2.29. The number of fused-ring (bicyclic) bond motifs is 1. The largest absolute Gasteiger partial charge is 0.494 e. The lowest BCUT2D eigenvalue weighted by atomic mass is 9.96. The summed E-state index contributed by atoms with van der Waals surface area (Å²) in [6.07, 6.45) is 0.233. The second-order valence-electron chi connectivity index (χ2n) is 7.01. The molecule has 3 rings (SSSR count). The molecular formula is C22H27NO5S. The molecule has 1 amide bonds. The van der Waals surface area contributed by atoms with Crippen molar-refractivity contribution in [1.82, 2.24) is 0 Å². The molecule has 0 aliphatic carbocycles. The zero-order chi connectivity index (χ0) is 20.8. The van der Waals surface area contributed by atoms with Gasteiger partial charge in [0.25, 0.3) is 0 Å². The van der Waals surface area contributed by atoms with E-state index in [2.05, 4.69) is 5.32 Å². The highest BCUT2D eigenvalue weighted by molar-refractivity contribution is 7.99. The Labute approximate surface area is 175 Å². The first-order chi connectivity index (χ1) is 14.0. The Hall–Kier alpha value is -2.54. The van der Waals surface area contributed by atoms with Crippen LogP contribution < -0.4 is 19.5 Å². The molecule has 0 fully saturated rings. The van der Waals surface area contributed by atoms with Gasteiger partial charge >= 0.3 is 6.09 Å². The van der Waals surface area contributed by atoms with Crippen LogP contribution in [0.3, 0.4) is 0 Å². The normalized spacial score (nSPS) is 15.3. The highest BCUT2D eigenvalue weighted by Crippen LogP contribution is 2.37. The summed E-state index contributed by atoms with van der Waals surface area (Å²) in [7, 11) is 3.27. The number of ether oxygens (including phenoxy) is 4. The van der Waals surface area contributed by atoms with Gasteiger partial charge in [0.15, 0.2) is 11.5 Å². The number of carbonyl (C=O) groups excluding carboxylic acids is 1. The summed E-state index contributed by atoms with van der Waals surface area (Å²) in [5, 5.41) is 2.74. The minimum Gasteiger partial charge on any atom is -0.494 e. The SMILES string of the molecule is COc1ccc(SCCCOc2ccc3c(c2)C(C(C)C)OC(=O)N3)cc1OC. The molecule has 2 aromatic carbocycles. The molecule has 6 nitrogen and oxygen atoms in total. The van der Waals surface area contributed by atoms with E-state index in [1.165, 1.54) is 0 Å². The van der Waals surface area contributed by atoms with Gasteiger partial charge in [0.2, 0.25) is 0 Å². The van der Waals surface area contributed by atoms with Gasteiger partial charge in [0, 0.05) is 16.2 Å². The number of thioether (sulfide) groups is 1. The second-order valence-corrected chi connectivity index (χ2v) is 8.18. The van der Waals surface area contributed by atoms with E-state index in [4.69, 9.17) is 18.9 Å². The van der Waals surface area contributed by atoms with Gasteiger partial charge in [-0.05, 0) is 48.7 Å². The number of hydrogen-bond acceptors (Lipinski definition) is 6. The van der Waals surface area contributed by atoms with Crippen LogP contribution in [0.25, 0.3) is 0 Å². The summed E-state index contributed by atoms with van der Waals surface area (Å²) in [4.78, 5) is 12.8. The molecule has 0 saturated heterocycles. The summed E-state index contributed by atoms with van der Waals surface area (Å²) < 4.78 is 22.0. The van der Waals surface area contributed by atoms with Crippen molar-refractivity contribution in [2.75, 3.05) is 31.9 Å². The van der Waals surface area contributed by atoms with Crippen LogP contribution in [-0.2, 0) is 4.74 Å². The van der Waals surface area contributed by atoms with Crippen LogP contribution in [0.15, 0.2) is 41.3 Å². The number of anilines is 1. The number of rotatable bonds is 9. The maximum absolute atomic E-state index is 11.7. The molecule has 0 aromatic heterocycles. The third-order valence-electron chi connectivity index (χ3n) is 4.59. The molecular weight excluding hydrogens is 390 g/mol. The maximum atomic E-state index is 11.7. The third kappa shape index (κ3) is 5.29. The van der Waals surface area contributed by atoms with E-state index in [1.807, 2.05) is 50.2 Å². The Balaban J connectivity index is 1.51. The molecule has 1 N–H and O–H groups in total. The molecule has 0 saturated carbocycles. The van der Waals surface area contributed by atoms with E-state index in [1.54, 1.807) is 26.0 Å². The third-order valence-corrected chi connectivity index (χ3v) is 5.67. The van der Waals surface area contributed by atoms with E-state index in [9.17, 15) is 4.79 Å². The minimum absolute atomic E-state index is 0.188. The number of methoxy groups -OCH3 is 2. The van der Waals surface area contributed by atoms with Gasteiger partial charge in [0.1, 0.15) is 11.9 Å². The van der Waals surface area contributed by atoms with Crippen LogP contribution >= 0.6 is 11.8 Å². The molecule has 2 aromatic rings. The Morgan fingerprint density at radius 1 is 1.10 bits per heavy atom. The van der Waals surface area contributed by atoms with Gasteiger partial charge in [-0.3, -0.25) is 5.32 Å². The first kappa shape index (κ1) is 21.2. The minimum atomic E-state index is -0.406. The fourth-order valence-electron chi connectivity index (χ4n) is 3.14. The van der Waals surface area contributed by atoms with Crippen LogP contribution in [0.2, 0.25) is 0 Å². The molecule has 29 heavy (non-hydrogen) atoms. The lowest BCUT2D eigenvalue weighted by Gasteiger charge is -2.29. The van der Waals surface area contributed by atoms with Gasteiger partial charge in [-0.1, -0.05) is 13.8 Å². The predicted molar refractivity (Wildman–Crippen MR) is 115 cm³/mol. The van der Waals surface area contributed by atoms with Crippen LogP contribution in [0.5, 0.6) is 17.2 Å². The predicted octanol–water partition coefficient (Wildman–Crippen LogP) is 5.52. The summed E-state index contributed by atoms with van der Waals surface area (Å²) >= 11 is 1.75. The van der Waals surface area contributed by atoms with Gasteiger partial charge in [-0.2, -0.15) is 0 Å². The van der Waals surface area contributed by atoms with E-state index in [0.717, 1.165) is 45.6 Å². The standard InChI is InChI=1S/C22H27NO5S/c1-14(2)21-17-12-15(6-8-18(17)23-22(24)28-21)27-10-5-11-29-16-7-9-19(25-3)20(13-16)26-4/h6-9,12-14,21H,5,10-11H2,1-4H3,(H,23,24). The van der Waals surface area contributed by atoms with Gasteiger partial charge in [-0.15, -0.1) is 11.8 Å². The lowest BCUT2D eigenvalue weighted by Crippen LogP contribution is -2.27. The van der Waals surface area contributed by atoms with Gasteiger partial charge in [0.05, 0.1) is 26.5 Å². The number of carbonyl (C=O) groups is 1.